The summed E-state index contributed by atoms with van der Waals surface area (Å²) in [4.78, 5) is 12.2. The number of aliphatic hydroxyl groups is 1. The summed E-state index contributed by atoms with van der Waals surface area (Å²) in [6.45, 7) is 4.29. The van der Waals surface area contributed by atoms with E-state index in [4.69, 9.17) is 0 Å². The van der Waals surface area contributed by atoms with Gasteiger partial charge >= 0.3 is 0 Å². The van der Waals surface area contributed by atoms with Crippen LogP contribution in [0, 0.1) is 5.92 Å². The van der Waals surface area contributed by atoms with Crippen LogP contribution in [0.2, 0.25) is 0 Å². The van der Waals surface area contributed by atoms with Gasteiger partial charge in [0.1, 0.15) is 6.10 Å². The van der Waals surface area contributed by atoms with E-state index in [0.717, 1.165) is 44.2 Å². The minimum Gasteiger partial charge on any atom is -0.385 e. The van der Waals surface area contributed by atoms with Crippen LogP contribution < -0.4 is 0 Å². The number of ketones is 1. The second-order valence-corrected chi connectivity index (χ2v) is 6.24. The molecular weight excluding hydrogens is 264 g/mol. The van der Waals surface area contributed by atoms with Gasteiger partial charge in [-0.2, -0.15) is 5.10 Å². The largest absolute Gasteiger partial charge is 0.385 e. The molecule has 1 aromatic heterocycles. The highest BCUT2D eigenvalue weighted by Crippen LogP contribution is 2.27. The van der Waals surface area contributed by atoms with Crippen LogP contribution in [-0.2, 0) is 11.2 Å². The third-order valence-corrected chi connectivity index (χ3v) is 4.76. The Labute approximate surface area is 127 Å². The monoisotopic (exact) mass is 292 g/mol. The molecule has 0 radical (unpaired) electrons. The van der Waals surface area contributed by atoms with E-state index >= 15 is 0 Å². The molecule has 21 heavy (non-hydrogen) atoms. The maximum Gasteiger partial charge on any atom is 0.167 e. The van der Waals surface area contributed by atoms with E-state index in [2.05, 4.69) is 18.9 Å². The van der Waals surface area contributed by atoms with E-state index < -0.39 is 6.10 Å². The van der Waals surface area contributed by atoms with Crippen molar-refractivity contribution in [2.75, 3.05) is 0 Å². The summed E-state index contributed by atoms with van der Waals surface area (Å²) in [5.74, 6) is 0.0871. The zero-order chi connectivity index (χ0) is 15.2. The third kappa shape index (κ3) is 4.16. The zero-order valence-electron chi connectivity index (χ0n) is 13.3. The average molecular weight is 292 g/mol. The summed E-state index contributed by atoms with van der Waals surface area (Å²) in [5.41, 5.74) is 0.779. The lowest BCUT2D eigenvalue weighted by atomic mass is 9.83. The fourth-order valence-corrected chi connectivity index (χ4v) is 3.33. The fraction of sp³-hybridized carbons (Fsp3) is 0.765. The van der Waals surface area contributed by atoms with Crippen molar-refractivity contribution in [1.29, 1.82) is 0 Å². The molecule has 0 bridgehead atoms. The van der Waals surface area contributed by atoms with Crippen molar-refractivity contribution in [1.82, 2.24) is 9.78 Å². The predicted molar refractivity (Wildman–Crippen MR) is 83.1 cm³/mol. The predicted octanol–water partition coefficient (Wildman–Crippen LogP) is 3.30. The van der Waals surface area contributed by atoms with Crippen molar-refractivity contribution in [3.8, 4) is 0 Å². The summed E-state index contributed by atoms with van der Waals surface area (Å²) < 4.78 is 1.95. The zero-order valence-corrected chi connectivity index (χ0v) is 13.3. The van der Waals surface area contributed by atoms with Gasteiger partial charge in [0.25, 0.3) is 0 Å². The quantitative estimate of drug-likeness (QED) is 0.839. The molecule has 0 amide bonds. The van der Waals surface area contributed by atoms with E-state index in [1.54, 1.807) is 0 Å². The lowest BCUT2D eigenvalue weighted by Gasteiger charge is -2.25. The highest BCUT2D eigenvalue weighted by atomic mass is 16.3. The first-order valence-corrected chi connectivity index (χ1v) is 8.40. The number of aromatic nitrogens is 2. The molecule has 1 N–H and O–H groups in total. The van der Waals surface area contributed by atoms with E-state index in [0.29, 0.717) is 6.04 Å². The molecule has 0 aromatic carbocycles. The standard InChI is InChI=1S/C17H28N2O2/c1-3-15(4-2)19-11-10-14(18-19)12-16(20)17(21)13-8-6-5-7-9-13/h10-11,13,15,17,21H,3-9,12H2,1-2H3. The highest BCUT2D eigenvalue weighted by Gasteiger charge is 2.27. The van der Waals surface area contributed by atoms with Gasteiger partial charge in [-0.15, -0.1) is 0 Å². The Morgan fingerprint density at radius 1 is 1.33 bits per heavy atom. The number of nitrogens with zero attached hydrogens (tertiary/aromatic N) is 2. The van der Waals surface area contributed by atoms with E-state index in [9.17, 15) is 9.90 Å². The summed E-state index contributed by atoms with van der Waals surface area (Å²) >= 11 is 0. The first-order chi connectivity index (χ1) is 10.2. The Bertz CT molecular complexity index is 445. The average Bonchev–Trinajstić information content (AvgIpc) is 2.97. The summed E-state index contributed by atoms with van der Waals surface area (Å²) in [5, 5.41) is 14.7. The van der Waals surface area contributed by atoms with Crippen molar-refractivity contribution >= 4 is 5.78 Å². The van der Waals surface area contributed by atoms with E-state index in [1.807, 2.05) is 16.9 Å². The molecule has 0 spiro atoms. The summed E-state index contributed by atoms with van der Waals surface area (Å²) in [6, 6.07) is 2.31. The van der Waals surface area contributed by atoms with Crippen LogP contribution in [0.25, 0.3) is 0 Å². The van der Waals surface area contributed by atoms with Crippen LogP contribution in [0.1, 0.15) is 70.5 Å². The molecule has 0 aliphatic heterocycles. The van der Waals surface area contributed by atoms with Crippen LogP contribution in [0.3, 0.4) is 0 Å². The second-order valence-electron chi connectivity index (χ2n) is 6.24. The molecule has 1 saturated carbocycles. The van der Waals surface area contributed by atoms with Crippen LogP contribution in [0.15, 0.2) is 12.3 Å². The molecule has 1 unspecified atom stereocenters. The van der Waals surface area contributed by atoms with Gasteiger partial charge in [0.05, 0.1) is 18.2 Å². The summed E-state index contributed by atoms with van der Waals surface area (Å²) in [6.07, 6.45) is 8.95. The molecule has 1 atom stereocenters. The van der Waals surface area contributed by atoms with Crippen molar-refractivity contribution in [3.63, 3.8) is 0 Å². The lowest BCUT2D eigenvalue weighted by molar-refractivity contribution is -0.129. The van der Waals surface area contributed by atoms with Crippen LogP contribution in [-0.4, -0.2) is 26.8 Å². The Kier molecular flexibility index (Phi) is 5.97. The molecular formula is C17H28N2O2. The Morgan fingerprint density at radius 2 is 2.00 bits per heavy atom. The Balaban J connectivity index is 1.92. The molecule has 1 fully saturated rings. The molecule has 1 aliphatic rings. The molecule has 2 rings (SSSR count). The number of carbonyl (C=O) groups excluding carboxylic acids is 1. The van der Waals surface area contributed by atoms with Crippen LogP contribution in [0.4, 0.5) is 0 Å². The van der Waals surface area contributed by atoms with Gasteiger partial charge in [-0.05, 0) is 37.7 Å². The topological polar surface area (TPSA) is 55.1 Å². The smallest absolute Gasteiger partial charge is 0.167 e. The molecule has 1 aliphatic carbocycles. The normalized spacial score (nSPS) is 18.1. The molecule has 4 heteroatoms. The van der Waals surface area contributed by atoms with Crippen molar-refractivity contribution in [2.45, 2.75) is 77.4 Å². The van der Waals surface area contributed by atoms with Gasteiger partial charge < -0.3 is 5.11 Å². The summed E-state index contributed by atoms with van der Waals surface area (Å²) in [7, 11) is 0. The van der Waals surface area contributed by atoms with Gasteiger partial charge in [-0.3, -0.25) is 9.48 Å². The van der Waals surface area contributed by atoms with Crippen LogP contribution >= 0.6 is 0 Å². The number of Topliss-reactive ketones (excluding diaryl/α,β-unsaturated/α-hetero) is 1. The lowest BCUT2D eigenvalue weighted by Crippen LogP contribution is -2.32. The van der Waals surface area contributed by atoms with E-state index in [-0.39, 0.29) is 18.1 Å². The van der Waals surface area contributed by atoms with Gasteiger partial charge in [0.15, 0.2) is 5.78 Å². The first-order valence-electron chi connectivity index (χ1n) is 8.40. The minimum atomic E-state index is -0.802. The molecule has 4 nitrogen and oxygen atoms in total. The number of carbonyl (C=O) groups is 1. The first kappa shape index (κ1) is 16.2. The fourth-order valence-electron chi connectivity index (χ4n) is 3.33. The molecule has 0 saturated heterocycles. The van der Waals surface area contributed by atoms with Crippen molar-refractivity contribution in [2.24, 2.45) is 5.92 Å². The molecule has 1 aromatic rings. The van der Waals surface area contributed by atoms with Gasteiger partial charge in [0.2, 0.25) is 0 Å². The second kappa shape index (κ2) is 7.74. The molecule has 118 valence electrons. The maximum absolute atomic E-state index is 12.2. The van der Waals surface area contributed by atoms with Crippen molar-refractivity contribution in [3.05, 3.63) is 18.0 Å². The van der Waals surface area contributed by atoms with Gasteiger partial charge in [-0.25, -0.2) is 0 Å². The number of hydrogen-bond donors (Lipinski definition) is 1. The number of hydrogen-bond acceptors (Lipinski definition) is 3. The van der Waals surface area contributed by atoms with Crippen molar-refractivity contribution < 1.29 is 9.90 Å². The maximum atomic E-state index is 12.2. The van der Waals surface area contributed by atoms with Gasteiger partial charge in [-0.1, -0.05) is 33.1 Å². The molecule has 1 heterocycles. The van der Waals surface area contributed by atoms with Gasteiger partial charge in [0, 0.05) is 6.20 Å². The number of rotatable bonds is 7. The Hall–Kier alpha value is -1.16. The number of aliphatic hydroxyl groups excluding tert-OH is 1. The van der Waals surface area contributed by atoms with E-state index in [1.165, 1.54) is 6.42 Å². The Morgan fingerprint density at radius 3 is 2.62 bits per heavy atom. The SMILES string of the molecule is CCC(CC)n1ccc(CC(=O)C(O)C2CCCCC2)n1. The minimum absolute atomic E-state index is 0.0725. The van der Waals surface area contributed by atoms with Crippen LogP contribution in [0.5, 0.6) is 0 Å². The third-order valence-electron chi connectivity index (χ3n) is 4.76. The highest BCUT2D eigenvalue weighted by molar-refractivity contribution is 5.84.